The normalized spacial score (nSPS) is 12.2. The van der Waals surface area contributed by atoms with Crippen LogP contribution >= 0.6 is 15.9 Å². The number of esters is 1. The molecular weight excluding hydrogens is 260 g/mol. The van der Waals surface area contributed by atoms with E-state index in [4.69, 9.17) is 5.73 Å². The molecule has 1 aromatic heterocycles. The van der Waals surface area contributed by atoms with E-state index >= 15 is 0 Å². The van der Waals surface area contributed by atoms with E-state index in [-0.39, 0.29) is 18.3 Å². The maximum absolute atomic E-state index is 11.1. The van der Waals surface area contributed by atoms with Crippen molar-refractivity contribution in [1.29, 1.82) is 0 Å². The molecule has 0 saturated heterocycles. The Morgan fingerprint density at radius 1 is 1.67 bits per heavy atom. The molecule has 0 aromatic carbocycles. The fourth-order valence-corrected chi connectivity index (χ4v) is 1.49. The molecule has 15 heavy (non-hydrogen) atoms. The van der Waals surface area contributed by atoms with E-state index in [0.717, 1.165) is 10.2 Å². The van der Waals surface area contributed by atoms with Gasteiger partial charge in [0.05, 0.1) is 13.5 Å². The Morgan fingerprint density at radius 2 is 2.40 bits per heavy atom. The van der Waals surface area contributed by atoms with Gasteiger partial charge in [0.25, 0.3) is 0 Å². The molecule has 0 fully saturated rings. The highest BCUT2D eigenvalue weighted by Crippen LogP contribution is 2.19. The molecule has 2 N–H and O–H groups in total. The van der Waals surface area contributed by atoms with Crippen molar-refractivity contribution in [2.75, 3.05) is 13.7 Å². The van der Waals surface area contributed by atoms with Crippen molar-refractivity contribution in [2.45, 2.75) is 12.3 Å². The lowest BCUT2D eigenvalue weighted by Crippen LogP contribution is -2.17. The summed E-state index contributed by atoms with van der Waals surface area (Å²) in [4.78, 5) is 15.2. The van der Waals surface area contributed by atoms with E-state index in [1.165, 1.54) is 7.11 Å². The van der Waals surface area contributed by atoms with Crippen molar-refractivity contribution in [3.8, 4) is 0 Å². The van der Waals surface area contributed by atoms with Crippen molar-refractivity contribution >= 4 is 21.9 Å². The van der Waals surface area contributed by atoms with Gasteiger partial charge in [-0.1, -0.05) is 6.07 Å². The molecule has 1 heterocycles. The highest BCUT2D eigenvalue weighted by atomic mass is 79.9. The number of nitrogens with zero attached hydrogens (tertiary/aromatic N) is 1. The molecule has 0 aliphatic heterocycles. The molecule has 4 nitrogen and oxygen atoms in total. The predicted octanol–water partition coefficient (Wildman–Crippen LogP) is 1.45. The summed E-state index contributed by atoms with van der Waals surface area (Å²) in [6.07, 6.45) is 2.00. The number of hydrogen-bond acceptors (Lipinski definition) is 4. The van der Waals surface area contributed by atoms with Gasteiger partial charge in [0, 0.05) is 12.1 Å². The highest BCUT2D eigenvalue weighted by molar-refractivity contribution is 9.10. The third-order valence-corrected chi connectivity index (χ3v) is 2.62. The first-order valence-electron chi connectivity index (χ1n) is 4.55. The van der Waals surface area contributed by atoms with Crippen LogP contribution in [-0.4, -0.2) is 24.6 Å². The number of carbonyl (C=O) groups excluding carboxylic acids is 1. The molecule has 1 atom stereocenters. The van der Waals surface area contributed by atoms with Crippen LogP contribution in [0, 0.1) is 0 Å². The Bertz CT molecular complexity index is 327. The molecule has 1 rings (SSSR count). The fraction of sp³-hybridized carbons (Fsp3) is 0.400. The minimum atomic E-state index is -0.256. The zero-order valence-electron chi connectivity index (χ0n) is 8.44. The van der Waals surface area contributed by atoms with Crippen LogP contribution in [-0.2, 0) is 9.53 Å². The quantitative estimate of drug-likeness (QED) is 0.666. The number of halogens is 1. The molecule has 0 spiro atoms. The van der Waals surface area contributed by atoms with E-state index < -0.39 is 0 Å². The van der Waals surface area contributed by atoms with Crippen molar-refractivity contribution in [2.24, 2.45) is 5.73 Å². The van der Waals surface area contributed by atoms with Crippen LogP contribution in [0.5, 0.6) is 0 Å². The minimum Gasteiger partial charge on any atom is -0.469 e. The van der Waals surface area contributed by atoms with Gasteiger partial charge in [-0.2, -0.15) is 0 Å². The van der Waals surface area contributed by atoms with Gasteiger partial charge in [0.15, 0.2) is 0 Å². The number of nitrogens with two attached hydrogens (primary N) is 1. The third kappa shape index (κ3) is 3.60. The van der Waals surface area contributed by atoms with Crippen LogP contribution in [0.3, 0.4) is 0 Å². The Balaban J connectivity index is 2.74. The van der Waals surface area contributed by atoms with E-state index in [2.05, 4.69) is 25.7 Å². The molecule has 0 radical (unpaired) electrons. The predicted molar refractivity (Wildman–Crippen MR) is 60.4 cm³/mol. The summed E-state index contributed by atoms with van der Waals surface area (Å²) >= 11 is 3.25. The van der Waals surface area contributed by atoms with Crippen LogP contribution in [0.4, 0.5) is 0 Å². The molecule has 1 unspecified atom stereocenters. The van der Waals surface area contributed by atoms with E-state index in [9.17, 15) is 4.79 Å². The first-order valence-corrected chi connectivity index (χ1v) is 5.35. The molecule has 0 saturated carbocycles. The number of hydrogen-bond donors (Lipinski definition) is 1. The number of aromatic nitrogens is 1. The molecule has 0 aliphatic rings. The van der Waals surface area contributed by atoms with Crippen LogP contribution in [0.25, 0.3) is 0 Å². The SMILES string of the molecule is COC(=O)CC(CN)c1ccc(Br)nc1. The Morgan fingerprint density at radius 3 is 2.87 bits per heavy atom. The maximum atomic E-state index is 11.1. The van der Waals surface area contributed by atoms with Gasteiger partial charge in [0.2, 0.25) is 0 Å². The first kappa shape index (κ1) is 12.1. The number of rotatable bonds is 4. The maximum Gasteiger partial charge on any atom is 0.306 e. The second kappa shape index (κ2) is 5.82. The molecule has 82 valence electrons. The third-order valence-electron chi connectivity index (χ3n) is 2.15. The second-order valence-electron chi connectivity index (χ2n) is 3.13. The summed E-state index contributed by atoms with van der Waals surface area (Å²) in [5.74, 6) is -0.286. The minimum absolute atomic E-state index is 0.0296. The topological polar surface area (TPSA) is 65.2 Å². The summed E-state index contributed by atoms with van der Waals surface area (Å²) < 4.78 is 5.37. The molecular formula is C10H13BrN2O2. The molecule has 5 heteroatoms. The van der Waals surface area contributed by atoms with Gasteiger partial charge >= 0.3 is 5.97 Å². The molecule has 0 aliphatic carbocycles. The summed E-state index contributed by atoms with van der Waals surface area (Å²) in [5.41, 5.74) is 6.55. The van der Waals surface area contributed by atoms with E-state index in [1.807, 2.05) is 12.1 Å². The van der Waals surface area contributed by atoms with Gasteiger partial charge in [-0.3, -0.25) is 4.79 Å². The summed E-state index contributed by atoms with van der Waals surface area (Å²) in [7, 11) is 1.37. The van der Waals surface area contributed by atoms with Crippen LogP contribution < -0.4 is 5.73 Å². The van der Waals surface area contributed by atoms with Crippen molar-refractivity contribution in [1.82, 2.24) is 4.98 Å². The van der Waals surface area contributed by atoms with Crippen molar-refractivity contribution in [3.63, 3.8) is 0 Å². The lowest BCUT2D eigenvalue weighted by atomic mass is 9.98. The zero-order chi connectivity index (χ0) is 11.3. The van der Waals surface area contributed by atoms with E-state index in [0.29, 0.717) is 6.54 Å². The van der Waals surface area contributed by atoms with Gasteiger partial charge in [-0.25, -0.2) is 4.98 Å². The van der Waals surface area contributed by atoms with Crippen LogP contribution in [0.1, 0.15) is 17.9 Å². The Kier molecular flexibility index (Phi) is 4.71. The van der Waals surface area contributed by atoms with Gasteiger partial charge < -0.3 is 10.5 Å². The zero-order valence-corrected chi connectivity index (χ0v) is 10.0. The summed E-state index contributed by atoms with van der Waals surface area (Å²) in [6, 6.07) is 3.73. The van der Waals surface area contributed by atoms with Crippen molar-refractivity contribution in [3.05, 3.63) is 28.5 Å². The summed E-state index contributed by atoms with van der Waals surface area (Å²) in [6.45, 7) is 0.401. The average molecular weight is 273 g/mol. The Hall–Kier alpha value is -0.940. The first-order chi connectivity index (χ1) is 7.17. The number of pyridine rings is 1. The van der Waals surface area contributed by atoms with Gasteiger partial charge in [0.1, 0.15) is 4.60 Å². The number of ether oxygens (including phenoxy) is 1. The number of methoxy groups -OCH3 is 1. The largest absolute Gasteiger partial charge is 0.469 e. The van der Waals surface area contributed by atoms with Crippen LogP contribution in [0.15, 0.2) is 22.9 Å². The summed E-state index contributed by atoms with van der Waals surface area (Å²) in [5, 5.41) is 0. The fourth-order valence-electron chi connectivity index (χ4n) is 1.25. The Labute approximate surface area is 97.0 Å². The van der Waals surface area contributed by atoms with Gasteiger partial charge in [-0.05, 0) is 34.1 Å². The molecule has 1 aromatic rings. The number of carbonyl (C=O) groups is 1. The molecule has 0 amide bonds. The monoisotopic (exact) mass is 272 g/mol. The van der Waals surface area contributed by atoms with Crippen molar-refractivity contribution < 1.29 is 9.53 Å². The standard InChI is InChI=1S/C10H13BrN2O2/c1-15-10(14)4-8(5-12)7-2-3-9(11)13-6-7/h2-3,6,8H,4-5,12H2,1H3. The van der Waals surface area contributed by atoms with E-state index in [1.54, 1.807) is 6.20 Å². The average Bonchev–Trinajstić information content (AvgIpc) is 2.27. The lowest BCUT2D eigenvalue weighted by molar-refractivity contribution is -0.141. The second-order valence-corrected chi connectivity index (χ2v) is 3.94. The van der Waals surface area contributed by atoms with Crippen LogP contribution in [0.2, 0.25) is 0 Å². The highest BCUT2D eigenvalue weighted by Gasteiger charge is 2.15. The van der Waals surface area contributed by atoms with Gasteiger partial charge in [-0.15, -0.1) is 0 Å². The lowest BCUT2D eigenvalue weighted by Gasteiger charge is -2.13. The molecule has 0 bridgehead atoms. The smallest absolute Gasteiger partial charge is 0.306 e.